The number of benzene rings is 1. The lowest BCUT2D eigenvalue weighted by Gasteiger charge is -2.11. The van der Waals surface area contributed by atoms with E-state index in [0.29, 0.717) is 0 Å². The number of carbonyl (C=O) groups is 1. The highest BCUT2D eigenvalue weighted by Crippen LogP contribution is 2.37. The van der Waals surface area contributed by atoms with Crippen molar-refractivity contribution in [1.29, 1.82) is 10.7 Å². The monoisotopic (exact) mass is 334 g/mol. The van der Waals surface area contributed by atoms with E-state index in [1.165, 1.54) is 13.0 Å². The largest absolute Gasteiger partial charge is 0.417 e. The summed E-state index contributed by atoms with van der Waals surface area (Å²) in [6.07, 6.45) is -4.57. The lowest BCUT2D eigenvalue weighted by Crippen LogP contribution is -2.21. The van der Waals surface area contributed by atoms with Crippen LogP contribution in [0.3, 0.4) is 0 Å². The fourth-order valence-corrected chi connectivity index (χ4v) is 2.53. The van der Waals surface area contributed by atoms with Crippen molar-refractivity contribution in [3.63, 3.8) is 0 Å². The van der Waals surface area contributed by atoms with Crippen molar-refractivity contribution in [3.05, 3.63) is 28.8 Å². The predicted octanol–water partition coefficient (Wildman–Crippen LogP) is 4.20. The van der Waals surface area contributed by atoms with Crippen LogP contribution < -0.4 is 0 Å². The average Bonchev–Trinajstić information content (AvgIpc) is 2.36. The molecule has 0 aliphatic rings. The number of alkyl halides is 3. The van der Waals surface area contributed by atoms with E-state index in [9.17, 15) is 18.0 Å². The van der Waals surface area contributed by atoms with Crippen molar-refractivity contribution >= 4 is 34.9 Å². The van der Waals surface area contributed by atoms with Crippen molar-refractivity contribution in [2.24, 2.45) is 5.92 Å². The Morgan fingerprint density at radius 3 is 2.62 bits per heavy atom. The molecule has 1 aromatic carbocycles. The van der Waals surface area contributed by atoms with Gasteiger partial charge in [0.05, 0.1) is 22.4 Å². The average molecular weight is 335 g/mol. The maximum atomic E-state index is 12.7. The molecule has 1 aromatic rings. The number of nitriles is 1. The minimum absolute atomic E-state index is 0.0878. The van der Waals surface area contributed by atoms with E-state index in [1.54, 1.807) is 6.07 Å². The van der Waals surface area contributed by atoms with Gasteiger partial charge in [-0.3, -0.25) is 4.79 Å². The number of rotatable bonds is 5. The van der Waals surface area contributed by atoms with E-state index >= 15 is 0 Å². The van der Waals surface area contributed by atoms with Gasteiger partial charge in [-0.2, -0.15) is 18.4 Å². The van der Waals surface area contributed by atoms with Gasteiger partial charge in [0.25, 0.3) is 0 Å². The Labute approximate surface area is 128 Å². The smallest absolute Gasteiger partial charge is 0.308 e. The van der Waals surface area contributed by atoms with Crippen LogP contribution in [-0.4, -0.2) is 17.2 Å². The highest BCUT2D eigenvalue weighted by molar-refractivity contribution is 8.00. The van der Waals surface area contributed by atoms with Crippen LogP contribution in [0.5, 0.6) is 0 Å². The molecule has 1 N–H and O–H groups in total. The summed E-state index contributed by atoms with van der Waals surface area (Å²) in [4.78, 5) is 11.9. The standard InChI is InChI=1S/C13H10ClF3N2OS/c1-7(19)9(5-18)12(20)6-21-8-2-3-11(14)10(4-8)13(15,16)17/h2-4,9,19H,6H2,1H3. The topological polar surface area (TPSA) is 64.7 Å². The summed E-state index contributed by atoms with van der Waals surface area (Å²) in [7, 11) is 0. The first-order valence-electron chi connectivity index (χ1n) is 5.63. The molecule has 1 unspecified atom stereocenters. The Bertz CT molecular complexity index is 610. The Morgan fingerprint density at radius 1 is 1.52 bits per heavy atom. The zero-order valence-electron chi connectivity index (χ0n) is 10.8. The molecule has 1 atom stereocenters. The van der Waals surface area contributed by atoms with E-state index in [4.69, 9.17) is 22.3 Å². The van der Waals surface area contributed by atoms with Gasteiger partial charge in [0, 0.05) is 10.6 Å². The first kappa shape index (κ1) is 17.5. The summed E-state index contributed by atoms with van der Waals surface area (Å²) in [5, 5.41) is 15.6. The highest BCUT2D eigenvalue weighted by atomic mass is 35.5. The number of halogens is 4. The molecule has 8 heteroatoms. The molecule has 0 aliphatic carbocycles. The van der Waals surface area contributed by atoms with Gasteiger partial charge in [0.15, 0.2) is 5.78 Å². The quantitative estimate of drug-likeness (QED) is 0.648. The molecule has 0 fully saturated rings. The maximum Gasteiger partial charge on any atom is 0.417 e. The molecule has 112 valence electrons. The summed E-state index contributed by atoms with van der Waals surface area (Å²) in [5.41, 5.74) is -1.06. The summed E-state index contributed by atoms with van der Waals surface area (Å²) in [5.74, 6) is -1.86. The fourth-order valence-electron chi connectivity index (χ4n) is 1.46. The van der Waals surface area contributed by atoms with Crippen LogP contribution in [0.4, 0.5) is 13.2 Å². The van der Waals surface area contributed by atoms with Gasteiger partial charge in [0.1, 0.15) is 5.92 Å². The zero-order chi connectivity index (χ0) is 16.2. The van der Waals surface area contributed by atoms with Gasteiger partial charge in [-0.1, -0.05) is 11.6 Å². The van der Waals surface area contributed by atoms with E-state index in [-0.39, 0.29) is 16.4 Å². The Balaban J connectivity index is 2.84. The second-order valence-corrected chi connectivity index (χ2v) is 5.60. The molecule has 0 aliphatic heterocycles. The number of ketones is 1. The normalized spacial score (nSPS) is 12.6. The molecule has 0 spiro atoms. The highest BCUT2D eigenvalue weighted by Gasteiger charge is 2.33. The van der Waals surface area contributed by atoms with Crippen molar-refractivity contribution in [3.8, 4) is 6.07 Å². The van der Waals surface area contributed by atoms with Crippen LogP contribution in [0.2, 0.25) is 5.02 Å². The lowest BCUT2D eigenvalue weighted by molar-refractivity contribution is -0.137. The fraction of sp³-hybridized carbons (Fsp3) is 0.308. The minimum Gasteiger partial charge on any atom is -0.308 e. The third kappa shape index (κ3) is 4.76. The first-order valence-corrected chi connectivity index (χ1v) is 7.00. The van der Waals surface area contributed by atoms with Crippen LogP contribution in [0.1, 0.15) is 12.5 Å². The Morgan fingerprint density at radius 2 is 2.14 bits per heavy atom. The van der Waals surface area contributed by atoms with Gasteiger partial charge in [-0.25, -0.2) is 0 Å². The third-order valence-corrected chi connectivity index (χ3v) is 3.85. The van der Waals surface area contributed by atoms with Crippen molar-refractivity contribution in [2.45, 2.75) is 18.0 Å². The van der Waals surface area contributed by atoms with Crippen molar-refractivity contribution in [1.82, 2.24) is 0 Å². The van der Waals surface area contributed by atoms with Crippen LogP contribution in [-0.2, 0) is 11.0 Å². The SMILES string of the molecule is CC(=N)C(C#N)C(=O)CSc1ccc(Cl)c(C(F)(F)F)c1. The summed E-state index contributed by atoms with van der Waals surface area (Å²) in [6, 6.07) is 5.03. The molecular formula is C13H10ClF3N2OS. The number of nitrogens with zero attached hydrogens (tertiary/aromatic N) is 1. The molecule has 21 heavy (non-hydrogen) atoms. The number of nitrogens with one attached hydrogen (secondary N) is 1. The van der Waals surface area contributed by atoms with Gasteiger partial charge < -0.3 is 5.41 Å². The molecule has 0 aromatic heterocycles. The number of Topliss-reactive ketones (excluding diaryl/α,β-unsaturated/α-hetero) is 1. The second kappa shape index (κ2) is 6.96. The molecule has 0 saturated carbocycles. The lowest BCUT2D eigenvalue weighted by atomic mass is 10.0. The summed E-state index contributed by atoms with van der Waals surface area (Å²) < 4.78 is 38.1. The Hall–Kier alpha value is -1.52. The second-order valence-electron chi connectivity index (χ2n) is 4.14. The van der Waals surface area contributed by atoms with Gasteiger partial charge in [-0.15, -0.1) is 11.8 Å². The van der Waals surface area contributed by atoms with Crippen LogP contribution in [0, 0.1) is 22.7 Å². The molecule has 0 saturated heterocycles. The molecule has 3 nitrogen and oxygen atoms in total. The molecule has 0 heterocycles. The van der Waals surface area contributed by atoms with Gasteiger partial charge >= 0.3 is 6.18 Å². The van der Waals surface area contributed by atoms with Gasteiger partial charge in [0.2, 0.25) is 0 Å². The third-order valence-electron chi connectivity index (χ3n) is 2.51. The van der Waals surface area contributed by atoms with E-state index in [1.807, 2.05) is 0 Å². The minimum atomic E-state index is -4.57. The number of hydrogen-bond donors (Lipinski definition) is 1. The molecule has 0 radical (unpaired) electrons. The van der Waals surface area contributed by atoms with E-state index < -0.39 is 28.5 Å². The molecular weight excluding hydrogens is 325 g/mol. The number of hydrogen-bond acceptors (Lipinski definition) is 4. The zero-order valence-corrected chi connectivity index (χ0v) is 12.4. The van der Waals surface area contributed by atoms with Crippen LogP contribution >= 0.6 is 23.4 Å². The summed E-state index contributed by atoms with van der Waals surface area (Å²) >= 11 is 6.36. The van der Waals surface area contributed by atoms with Crippen molar-refractivity contribution in [2.75, 3.05) is 5.75 Å². The van der Waals surface area contributed by atoms with Crippen LogP contribution in [0.15, 0.2) is 23.1 Å². The predicted molar refractivity (Wildman–Crippen MR) is 74.7 cm³/mol. The number of carbonyl (C=O) groups excluding carboxylic acids is 1. The Kier molecular flexibility index (Phi) is 5.81. The maximum absolute atomic E-state index is 12.7. The van der Waals surface area contributed by atoms with Gasteiger partial charge in [-0.05, 0) is 25.1 Å². The van der Waals surface area contributed by atoms with E-state index in [0.717, 1.165) is 23.9 Å². The van der Waals surface area contributed by atoms with Crippen LogP contribution in [0.25, 0.3) is 0 Å². The molecule has 0 amide bonds. The number of thioether (sulfide) groups is 1. The first-order chi connectivity index (χ1) is 9.66. The summed E-state index contributed by atoms with van der Waals surface area (Å²) in [6.45, 7) is 1.33. The van der Waals surface area contributed by atoms with Crippen molar-refractivity contribution < 1.29 is 18.0 Å². The van der Waals surface area contributed by atoms with E-state index in [2.05, 4.69) is 0 Å². The molecule has 1 rings (SSSR count). The molecule has 0 bridgehead atoms.